The number of piperazine rings is 1. The minimum atomic E-state index is -0.256. The van der Waals surface area contributed by atoms with E-state index in [-0.39, 0.29) is 11.3 Å². The number of nitrogens with one attached hydrogen (secondary N) is 1. The minimum absolute atomic E-state index is 0.248. The van der Waals surface area contributed by atoms with E-state index in [1.54, 1.807) is 0 Å². The summed E-state index contributed by atoms with van der Waals surface area (Å²) in [4.78, 5) is 18.2. The van der Waals surface area contributed by atoms with Gasteiger partial charge >= 0.3 is 0 Å². The normalized spacial score (nSPS) is 24.6. The molecule has 2 aliphatic heterocycles. The van der Waals surface area contributed by atoms with Gasteiger partial charge < -0.3 is 10.2 Å². The molecule has 1 aliphatic carbocycles. The van der Waals surface area contributed by atoms with Gasteiger partial charge in [-0.1, -0.05) is 48.9 Å². The first-order valence-corrected chi connectivity index (χ1v) is 12.1. The Kier molecular flexibility index (Phi) is 5.85. The zero-order valence-corrected chi connectivity index (χ0v) is 18.8. The van der Waals surface area contributed by atoms with Gasteiger partial charge in [-0.15, -0.1) is 0 Å². The van der Waals surface area contributed by atoms with E-state index in [1.807, 2.05) is 0 Å². The van der Waals surface area contributed by atoms with Crippen LogP contribution in [0.1, 0.15) is 61.8 Å². The van der Waals surface area contributed by atoms with Crippen LogP contribution in [0.4, 0.5) is 5.69 Å². The van der Waals surface area contributed by atoms with Crippen LogP contribution in [0.3, 0.4) is 0 Å². The Bertz CT molecular complexity index is 919. The minimum Gasteiger partial charge on any atom is -0.325 e. The number of benzene rings is 2. The van der Waals surface area contributed by atoms with Crippen molar-refractivity contribution in [2.24, 2.45) is 0 Å². The van der Waals surface area contributed by atoms with Gasteiger partial charge in [-0.3, -0.25) is 9.69 Å². The third-order valence-corrected chi connectivity index (χ3v) is 7.93. The molecule has 31 heavy (non-hydrogen) atoms. The Morgan fingerprint density at radius 1 is 1.00 bits per heavy atom. The van der Waals surface area contributed by atoms with Crippen molar-refractivity contribution in [1.29, 1.82) is 0 Å². The molecule has 4 nitrogen and oxygen atoms in total. The highest BCUT2D eigenvalue weighted by molar-refractivity contribution is 6.07. The number of unbranched alkanes of at least 4 members (excludes halogenated alkanes) is 1. The lowest BCUT2D eigenvalue weighted by Gasteiger charge is -2.38. The lowest BCUT2D eigenvalue weighted by Crippen LogP contribution is -2.47. The molecule has 2 atom stereocenters. The van der Waals surface area contributed by atoms with Crippen LogP contribution in [0.25, 0.3) is 0 Å². The summed E-state index contributed by atoms with van der Waals surface area (Å²) in [5.41, 5.74) is 4.96. The third kappa shape index (κ3) is 3.92. The molecule has 0 aromatic heterocycles. The molecule has 1 N–H and O–H groups in total. The second kappa shape index (κ2) is 8.76. The highest BCUT2D eigenvalue weighted by atomic mass is 16.2. The van der Waals surface area contributed by atoms with Gasteiger partial charge in [0.15, 0.2) is 0 Å². The van der Waals surface area contributed by atoms with Crippen LogP contribution in [0.15, 0.2) is 48.5 Å². The Labute approximate surface area is 186 Å². The first-order chi connectivity index (χ1) is 15.2. The van der Waals surface area contributed by atoms with E-state index >= 15 is 0 Å². The Balaban J connectivity index is 1.11. The van der Waals surface area contributed by atoms with Gasteiger partial charge in [0, 0.05) is 37.9 Å². The fourth-order valence-corrected chi connectivity index (χ4v) is 6.09. The smallest absolute Gasteiger partial charge is 0.235 e. The van der Waals surface area contributed by atoms with Crippen LogP contribution in [-0.4, -0.2) is 48.4 Å². The van der Waals surface area contributed by atoms with Crippen LogP contribution in [0.2, 0.25) is 0 Å². The van der Waals surface area contributed by atoms with Gasteiger partial charge in [-0.05, 0) is 68.3 Å². The summed E-state index contributed by atoms with van der Waals surface area (Å²) in [6.45, 7) is 8.05. The van der Waals surface area contributed by atoms with Gasteiger partial charge in [0.2, 0.25) is 5.91 Å². The van der Waals surface area contributed by atoms with E-state index in [2.05, 4.69) is 70.6 Å². The summed E-state index contributed by atoms with van der Waals surface area (Å²) in [6.07, 6.45) is 6.56. The molecule has 0 radical (unpaired) electrons. The van der Waals surface area contributed by atoms with Crippen LogP contribution in [0, 0.1) is 0 Å². The van der Waals surface area contributed by atoms with E-state index in [1.165, 1.54) is 23.1 Å². The first kappa shape index (κ1) is 20.7. The van der Waals surface area contributed by atoms with Crippen molar-refractivity contribution in [3.05, 3.63) is 65.2 Å². The van der Waals surface area contributed by atoms with Gasteiger partial charge in [0.05, 0.1) is 5.41 Å². The first-order valence-electron chi connectivity index (χ1n) is 12.1. The summed E-state index contributed by atoms with van der Waals surface area (Å²) >= 11 is 0. The molecule has 2 aromatic rings. The van der Waals surface area contributed by atoms with Gasteiger partial charge in [-0.25, -0.2) is 0 Å². The molecule has 2 unspecified atom stereocenters. The number of hydrogen-bond acceptors (Lipinski definition) is 3. The number of carbonyl (C=O) groups is 1. The molecule has 5 rings (SSSR count). The molecule has 1 amide bonds. The lowest BCUT2D eigenvalue weighted by atomic mass is 9.68. The average molecular weight is 418 g/mol. The molecule has 1 saturated heterocycles. The maximum absolute atomic E-state index is 13.0. The molecule has 164 valence electrons. The van der Waals surface area contributed by atoms with E-state index < -0.39 is 0 Å². The van der Waals surface area contributed by atoms with Crippen molar-refractivity contribution in [2.75, 3.05) is 38.0 Å². The molecular weight excluding hydrogens is 382 g/mol. The van der Waals surface area contributed by atoms with Crippen molar-refractivity contribution in [1.82, 2.24) is 9.80 Å². The van der Waals surface area contributed by atoms with Crippen LogP contribution < -0.4 is 5.32 Å². The number of carbonyl (C=O) groups excluding carboxylic acids is 1. The summed E-state index contributed by atoms with van der Waals surface area (Å²) in [5.74, 6) is 0.248. The molecule has 0 saturated carbocycles. The molecule has 2 heterocycles. The Morgan fingerprint density at radius 3 is 2.61 bits per heavy atom. The Hall–Kier alpha value is -2.17. The fourth-order valence-electron chi connectivity index (χ4n) is 6.09. The molecule has 2 aromatic carbocycles. The van der Waals surface area contributed by atoms with Gasteiger partial charge in [-0.2, -0.15) is 0 Å². The quantitative estimate of drug-likeness (QED) is 0.660. The lowest BCUT2D eigenvalue weighted by molar-refractivity contribution is -0.121. The van der Waals surface area contributed by atoms with Crippen molar-refractivity contribution in [2.45, 2.75) is 56.9 Å². The van der Waals surface area contributed by atoms with Crippen molar-refractivity contribution < 1.29 is 4.79 Å². The predicted molar refractivity (Wildman–Crippen MR) is 126 cm³/mol. The number of rotatable bonds is 7. The van der Waals surface area contributed by atoms with Crippen molar-refractivity contribution in [3.63, 3.8) is 0 Å². The molecule has 1 fully saturated rings. The van der Waals surface area contributed by atoms with Crippen LogP contribution >= 0.6 is 0 Å². The maximum Gasteiger partial charge on any atom is 0.235 e. The van der Waals surface area contributed by atoms with Crippen LogP contribution in [-0.2, 0) is 16.6 Å². The highest BCUT2D eigenvalue weighted by Gasteiger charge is 2.48. The highest BCUT2D eigenvalue weighted by Crippen LogP contribution is 2.49. The zero-order chi connectivity index (χ0) is 21.3. The zero-order valence-electron chi connectivity index (χ0n) is 18.8. The maximum atomic E-state index is 13.0. The number of nitrogens with zero attached hydrogens (tertiary/aromatic N) is 2. The number of anilines is 1. The Morgan fingerprint density at radius 2 is 1.81 bits per heavy atom. The van der Waals surface area contributed by atoms with Crippen molar-refractivity contribution >= 4 is 11.6 Å². The molecule has 3 aliphatic rings. The number of hydrogen-bond donors (Lipinski definition) is 1. The summed E-state index contributed by atoms with van der Waals surface area (Å²) in [5, 5.41) is 3.18. The number of aryl methyl sites for hydroxylation is 1. The molecular formula is C27H35N3O. The average Bonchev–Trinajstić information content (AvgIpc) is 3.10. The van der Waals surface area contributed by atoms with Crippen LogP contribution in [0.5, 0.6) is 0 Å². The monoisotopic (exact) mass is 417 g/mol. The summed E-state index contributed by atoms with van der Waals surface area (Å²) in [7, 11) is 0. The van der Waals surface area contributed by atoms with E-state index in [4.69, 9.17) is 0 Å². The predicted octanol–water partition coefficient (Wildman–Crippen LogP) is 4.76. The fraction of sp³-hybridized carbons (Fsp3) is 0.519. The topological polar surface area (TPSA) is 35.6 Å². The SMILES string of the molecule is CC(c1ccccc1)N1CCN(CCCCC23CCCc4cccc(c42)NC3=O)CC1. The van der Waals surface area contributed by atoms with E-state index in [9.17, 15) is 4.79 Å². The molecule has 0 bridgehead atoms. The van der Waals surface area contributed by atoms with Gasteiger partial charge in [0.1, 0.15) is 0 Å². The van der Waals surface area contributed by atoms with Gasteiger partial charge in [0.25, 0.3) is 0 Å². The van der Waals surface area contributed by atoms with Crippen molar-refractivity contribution in [3.8, 4) is 0 Å². The summed E-state index contributed by atoms with van der Waals surface area (Å²) < 4.78 is 0. The molecule has 0 spiro atoms. The second-order valence-electron chi connectivity index (χ2n) is 9.65. The second-order valence-corrected chi connectivity index (χ2v) is 9.65. The van der Waals surface area contributed by atoms with E-state index in [0.717, 1.165) is 70.5 Å². The molecule has 4 heteroatoms. The largest absolute Gasteiger partial charge is 0.325 e. The number of amides is 1. The summed E-state index contributed by atoms with van der Waals surface area (Å²) in [6, 6.07) is 17.7. The third-order valence-electron chi connectivity index (χ3n) is 7.93. The van der Waals surface area contributed by atoms with E-state index in [0.29, 0.717) is 6.04 Å². The standard InChI is InChI=1S/C27H35N3O/c1-21(22-9-3-2-4-10-22)30-19-17-29(18-20-30)16-6-5-14-27-15-8-12-23-11-7-13-24(25(23)27)28-26(27)31/h2-4,7,9-11,13,21H,5-6,8,12,14-20H2,1H3,(H,28,31).